The third-order valence-electron chi connectivity index (χ3n) is 0. The van der Waals surface area contributed by atoms with Crippen molar-refractivity contribution in [3.05, 3.63) is 0 Å². The molecule has 0 spiro atoms. The Kier molecular flexibility index (Phi) is 4.82. The van der Waals surface area contributed by atoms with Gasteiger partial charge in [-0.25, -0.2) is 0 Å². The first kappa shape index (κ1) is 9.95. The minimum absolute atomic E-state index is 0. The van der Waals surface area contributed by atoms with E-state index in [4.69, 9.17) is 19.2 Å². The predicted molar refractivity (Wildman–Crippen MR) is 15.9 cm³/mol. The maximum Gasteiger partial charge on any atom is 2.00 e. The second-order valence-electron chi connectivity index (χ2n) is 0.548. The van der Waals surface area contributed by atoms with E-state index in [1.165, 1.54) is 0 Å². The van der Waals surface area contributed by atoms with Crippen LogP contribution in [0.1, 0.15) is 0 Å². The molecule has 0 aromatic carbocycles. The third-order valence-corrected chi connectivity index (χ3v) is 0. The zero-order valence-electron chi connectivity index (χ0n) is 2.92. The van der Waals surface area contributed by atoms with Crippen LogP contribution in [-0.4, -0.2) is 41.7 Å². The first-order valence-corrected chi connectivity index (χ1v) is 2.57. The molecule has 6 heavy (non-hydrogen) atoms. The van der Waals surface area contributed by atoms with Gasteiger partial charge in [0.1, 0.15) is 9.05 Å². The molecule has 0 rings (SSSR count). The molecule has 32 valence electrons. The number of hydrogen-bond acceptors (Lipinski definition) is 4. The van der Waals surface area contributed by atoms with Crippen LogP contribution < -0.4 is 9.59 Å². The Morgan fingerprint density at radius 3 is 1.17 bits per heavy atom. The van der Waals surface area contributed by atoms with E-state index in [0.29, 0.717) is 0 Å². The van der Waals surface area contributed by atoms with Gasteiger partial charge >= 0.3 is 23.1 Å². The van der Waals surface area contributed by atoms with E-state index in [1.807, 2.05) is 0 Å². The van der Waals surface area contributed by atoms with Gasteiger partial charge in [-0.3, -0.25) is 0 Å². The van der Waals surface area contributed by atoms with Gasteiger partial charge in [-0.15, -0.1) is 0 Å². The number of hydrogen-bond donors (Lipinski definition) is 2. The van der Waals surface area contributed by atoms with Gasteiger partial charge < -0.3 is 19.2 Å². The first-order valence-electron chi connectivity index (χ1n) is 0.855. The van der Waals surface area contributed by atoms with Crippen LogP contribution in [0.2, 0.25) is 0 Å². The topological polar surface area (TPSA) is 86.6 Å². The molecule has 0 amide bonds. The van der Waals surface area contributed by atoms with Crippen LogP contribution in [0.15, 0.2) is 0 Å². The molecule has 0 saturated carbocycles. The molecule has 0 aliphatic heterocycles. The second-order valence-corrected chi connectivity index (χ2v) is 1.65. The van der Waals surface area contributed by atoms with Crippen molar-refractivity contribution < 1.29 is 19.2 Å². The van der Waals surface area contributed by atoms with Crippen molar-refractivity contribution in [3.63, 3.8) is 0 Å². The summed E-state index contributed by atoms with van der Waals surface area (Å²) in [6.07, 6.45) is 0. The van der Waals surface area contributed by atoms with Gasteiger partial charge in [0.25, 0.3) is 0 Å². The molecule has 0 fully saturated rings. The Morgan fingerprint density at radius 1 is 1.17 bits per heavy atom. The molecule has 0 aliphatic rings. The molecule has 0 heterocycles. The molecule has 0 saturated heterocycles. The van der Waals surface area contributed by atoms with Gasteiger partial charge in [0, 0.05) is 0 Å². The SMILES string of the molecule is [Mg+2].[O-][Si]([O-])(O)O. The molecule has 0 radical (unpaired) electrons. The average molecular weight is 118 g/mol. The van der Waals surface area contributed by atoms with Crippen LogP contribution in [0.3, 0.4) is 0 Å². The minimum Gasteiger partial charge on any atom is -0.828 e. The van der Waals surface area contributed by atoms with Crippen LogP contribution in [0, 0.1) is 0 Å². The molecule has 0 atom stereocenters. The fraction of sp³-hybridized carbons (Fsp3) is 0. The smallest absolute Gasteiger partial charge is 0.828 e. The average Bonchev–Trinajstić information content (AvgIpc) is 0.722. The predicted octanol–water partition coefficient (Wildman–Crippen LogP) is -4.25. The van der Waals surface area contributed by atoms with E-state index in [0.717, 1.165) is 0 Å². The van der Waals surface area contributed by atoms with Gasteiger partial charge in [-0.05, 0) is 0 Å². The van der Waals surface area contributed by atoms with E-state index in [2.05, 4.69) is 0 Å². The van der Waals surface area contributed by atoms with Gasteiger partial charge in [0.2, 0.25) is 0 Å². The summed E-state index contributed by atoms with van der Waals surface area (Å²) in [5, 5.41) is 0. The van der Waals surface area contributed by atoms with Crippen LogP contribution in [-0.2, 0) is 0 Å². The summed E-state index contributed by atoms with van der Waals surface area (Å²) in [5.74, 6) is 0. The Bertz CT molecular complexity index is 23.0. The summed E-state index contributed by atoms with van der Waals surface area (Å²) in [4.78, 5) is 31.8. The van der Waals surface area contributed by atoms with E-state index in [1.54, 1.807) is 0 Å². The standard InChI is InChI=1S/Mg.H2O4Si/c;1-5(2,3)4/h;1-2H/q+2;-2. The second kappa shape index (κ2) is 2.91. The molecule has 0 aliphatic carbocycles. The van der Waals surface area contributed by atoms with Crippen LogP contribution >= 0.6 is 0 Å². The van der Waals surface area contributed by atoms with Gasteiger partial charge in [0.05, 0.1) is 0 Å². The van der Waals surface area contributed by atoms with Gasteiger partial charge in [-0.1, -0.05) is 0 Å². The Morgan fingerprint density at radius 2 is 1.17 bits per heavy atom. The number of rotatable bonds is 0. The van der Waals surface area contributed by atoms with Crippen molar-refractivity contribution in [2.24, 2.45) is 0 Å². The Balaban J connectivity index is 0. The summed E-state index contributed by atoms with van der Waals surface area (Å²) in [6, 6.07) is 0. The molecular formula is H2MgO4Si. The van der Waals surface area contributed by atoms with E-state index in [-0.39, 0.29) is 23.1 Å². The summed E-state index contributed by atoms with van der Waals surface area (Å²) >= 11 is 0. The van der Waals surface area contributed by atoms with Gasteiger partial charge in [-0.2, -0.15) is 0 Å². The van der Waals surface area contributed by atoms with Crippen molar-refractivity contribution in [1.82, 2.24) is 0 Å². The molecule has 2 N–H and O–H groups in total. The Labute approximate surface area is 51.7 Å². The van der Waals surface area contributed by atoms with Crippen molar-refractivity contribution in [1.29, 1.82) is 0 Å². The normalized spacial score (nSPS) is 10.0. The van der Waals surface area contributed by atoms with Crippen LogP contribution in [0.25, 0.3) is 0 Å². The largest absolute Gasteiger partial charge is 2.00 e. The zero-order chi connectivity index (χ0) is 4.50. The zero-order valence-corrected chi connectivity index (χ0v) is 5.33. The molecule has 0 aromatic heterocycles. The molecule has 0 aromatic rings. The maximum atomic E-state index is 8.80. The third kappa shape index (κ3) is 104. The van der Waals surface area contributed by atoms with Crippen LogP contribution in [0.4, 0.5) is 0 Å². The summed E-state index contributed by atoms with van der Waals surface area (Å²) in [5.41, 5.74) is 0. The monoisotopic (exact) mass is 118 g/mol. The minimum atomic E-state index is -5.11. The van der Waals surface area contributed by atoms with Crippen LogP contribution in [0.5, 0.6) is 0 Å². The summed E-state index contributed by atoms with van der Waals surface area (Å²) in [6.45, 7) is 0. The molecule has 0 unspecified atom stereocenters. The molecule has 6 heteroatoms. The Hall–Kier alpha value is 0.823. The van der Waals surface area contributed by atoms with Crippen molar-refractivity contribution in [3.8, 4) is 0 Å². The van der Waals surface area contributed by atoms with Crippen molar-refractivity contribution >= 4 is 32.1 Å². The fourth-order valence-corrected chi connectivity index (χ4v) is 0. The molecular weight excluding hydrogens is 116 g/mol. The van der Waals surface area contributed by atoms with Crippen molar-refractivity contribution in [2.45, 2.75) is 0 Å². The maximum absolute atomic E-state index is 8.80. The van der Waals surface area contributed by atoms with Gasteiger partial charge in [0.15, 0.2) is 0 Å². The van der Waals surface area contributed by atoms with Crippen molar-refractivity contribution in [2.75, 3.05) is 0 Å². The first-order chi connectivity index (χ1) is 2.00. The molecule has 0 bridgehead atoms. The summed E-state index contributed by atoms with van der Waals surface area (Å²) < 4.78 is 0. The summed E-state index contributed by atoms with van der Waals surface area (Å²) in [7, 11) is -5.11. The van der Waals surface area contributed by atoms with E-state index >= 15 is 0 Å². The quantitative estimate of drug-likeness (QED) is 0.316. The molecule has 4 nitrogen and oxygen atoms in total. The van der Waals surface area contributed by atoms with E-state index < -0.39 is 9.05 Å². The van der Waals surface area contributed by atoms with E-state index in [9.17, 15) is 0 Å². The fourth-order valence-electron chi connectivity index (χ4n) is 0.